The maximum atomic E-state index is 13.5. The van der Waals surface area contributed by atoms with Gasteiger partial charge in [0.15, 0.2) is 0 Å². The first-order chi connectivity index (χ1) is 13.5. The van der Waals surface area contributed by atoms with E-state index in [0.29, 0.717) is 40.4 Å². The number of rotatable bonds is 7. The number of nitro groups is 1. The van der Waals surface area contributed by atoms with Crippen molar-refractivity contribution in [2.45, 2.75) is 68.0 Å². The van der Waals surface area contributed by atoms with Crippen LogP contribution in [0.3, 0.4) is 0 Å². The van der Waals surface area contributed by atoms with Gasteiger partial charge in [0, 0.05) is 18.2 Å². The molecule has 0 N–H and O–H groups in total. The molecule has 29 heavy (non-hydrogen) atoms. The lowest BCUT2D eigenvalue weighted by Gasteiger charge is -2.15. The van der Waals surface area contributed by atoms with E-state index in [4.69, 9.17) is 4.74 Å². The molecule has 2 aromatic rings. The highest BCUT2D eigenvalue weighted by Gasteiger charge is 2.28. The minimum Gasteiger partial charge on any atom is -0.475 e. The number of aryl methyl sites for hydroxylation is 2. The molecule has 0 bridgehead atoms. The Hall–Kier alpha value is -2.96. The van der Waals surface area contributed by atoms with E-state index in [1.54, 1.807) is 18.5 Å². The maximum Gasteiger partial charge on any atom is 0.277 e. The van der Waals surface area contributed by atoms with Gasteiger partial charge in [-0.05, 0) is 72.6 Å². The summed E-state index contributed by atoms with van der Waals surface area (Å²) < 4.78 is 7.58. The molecular weight excluding hydrogens is 370 g/mol. The fraction of sp³-hybridized carbons (Fsp3) is 0.455. The van der Waals surface area contributed by atoms with Crippen molar-refractivity contribution in [1.82, 2.24) is 9.78 Å². The van der Waals surface area contributed by atoms with Crippen LogP contribution in [0, 0.1) is 24.0 Å². The first kappa shape index (κ1) is 22.3. The molecule has 0 radical (unpaired) electrons. The number of ether oxygens (including phenoxy) is 1. The number of allylic oxidation sites excluding steroid dienone is 2. The van der Waals surface area contributed by atoms with Gasteiger partial charge in [-0.3, -0.25) is 14.9 Å². The van der Waals surface area contributed by atoms with Gasteiger partial charge in [0.05, 0.1) is 22.3 Å². The van der Waals surface area contributed by atoms with Crippen molar-refractivity contribution >= 4 is 17.0 Å². The zero-order valence-corrected chi connectivity index (χ0v) is 18.4. The molecule has 0 fully saturated rings. The SMILES string of the molecule is CCn1nc(C)c(C(=O)c2ccc([N+](=O)[O-])c(C(C)=C(C)C)c2C)c1OC(C)C. The van der Waals surface area contributed by atoms with E-state index in [9.17, 15) is 14.9 Å². The summed E-state index contributed by atoms with van der Waals surface area (Å²) in [5.41, 5.74) is 4.22. The molecule has 1 aromatic carbocycles. The van der Waals surface area contributed by atoms with Gasteiger partial charge >= 0.3 is 0 Å². The fourth-order valence-corrected chi connectivity index (χ4v) is 3.33. The molecule has 0 amide bonds. The van der Waals surface area contributed by atoms with Crippen LogP contribution in [0.1, 0.15) is 74.3 Å². The number of hydrogen-bond donors (Lipinski definition) is 0. The van der Waals surface area contributed by atoms with Crippen molar-refractivity contribution < 1.29 is 14.5 Å². The van der Waals surface area contributed by atoms with E-state index < -0.39 is 4.92 Å². The van der Waals surface area contributed by atoms with E-state index in [1.165, 1.54) is 12.1 Å². The zero-order chi connectivity index (χ0) is 22.0. The lowest BCUT2D eigenvalue weighted by atomic mass is 9.90. The Balaban J connectivity index is 2.76. The molecule has 0 aliphatic heterocycles. The number of benzene rings is 1. The molecule has 7 heteroatoms. The molecule has 2 rings (SSSR count). The second kappa shape index (κ2) is 8.59. The second-order valence-corrected chi connectivity index (χ2v) is 7.59. The van der Waals surface area contributed by atoms with Gasteiger partial charge in [0.25, 0.3) is 5.69 Å². The summed E-state index contributed by atoms with van der Waals surface area (Å²) in [6.07, 6.45) is -0.121. The van der Waals surface area contributed by atoms with E-state index in [-0.39, 0.29) is 17.6 Å². The van der Waals surface area contributed by atoms with Crippen molar-refractivity contribution in [3.05, 3.63) is 55.8 Å². The third-order valence-electron chi connectivity index (χ3n) is 4.96. The molecule has 1 heterocycles. The predicted octanol–water partition coefficient (Wildman–Crippen LogP) is 5.26. The highest BCUT2D eigenvalue weighted by molar-refractivity contribution is 6.12. The third-order valence-corrected chi connectivity index (χ3v) is 4.96. The van der Waals surface area contributed by atoms with Crippen molar-refractivity contribution in [2.75, 3.05) is 0 Å². The van der Waals surface area contributed by atoms with Crippen LogP contribution in [0.5, 0.6) is 5.88 Å². The Morgan fingerprint density at radius 2 is 1.83 bits per heavy atom. The van der Waals surface area contributed by atoms with Crippen LogP contribution in [0.25, 0.3) is 5.57 Å². The summed E-state index contributed by atoms with van der Waals surface area (Å²) in [5.74, 6) is 0.191. The van der Waals surface area contributed by atoms with Gasteiger partial charge in [-0.2, -0.15) is 5.10 Å². The Bertz CT molecular complexity index is 996. The summed E-state index contributed by atoms with van der Waals surface area (Å²) in [5, 5.41) is 16.0. The van der Waals surface area contributed by atoms with Crippen molar-refractivity contribution in [3.8, 4) is 5.88 Å². The minimum atomic E-state index is -0.406. The number of nitrogens with zero attached hydrogens (tertiary/aromatic N) is 3. The Labute approximate surface area is 171 Å². The fourth-order valence-electron chi connectivity index (χ4n) is 3.33. The molecular formula is C22H29N3O4. The number of carbonyl (C=O) groups excluding carboxylic acids is 1. The van der Waals surface area contributed by atoms with Crippen LogP contribution in [-0.4, -0.2) is 26.6 Å². The van der Waals surface area contributed by atoms with Crippen LogP contribution >= 0.6 is 0 Å². The van der Waals surface area contributed by atoms with Gasteiger partial charge < -0.3 is 4.74 Å². The van der Waals surface area contributed by atoms with Gasteiger partial charge in [-0.25, -0.2) is 4.68 Å². The molecule has 156 valence electrons. The molecule has 7 nitrogen and oxygen atoms in total. The van der Waals surface area contributed by atoms with Gasteiger partial charge in [0.2, 0.25) is 11.7 Å². The molecule has 0 aliphatic carbocycles. The highest BCUT2D eigenvalue weighted by atomic mass is 16.6. The van der Waals surface area contributed by atoms with Crippen molar-refractivity contribution in [2.24, 2.45) is 0 Å². The average Bonchev–Trinajstić information content (AvgIpc) is 2.94. The molecule has 0 aliphatic rings. The maximum absolute atomic E-state index is 13.5. The molecule has 0 saturated heterocycles. The van der Waals surface area contributed by atoms with Gasteiger partial charge in [-0.15, -0.1) is 0 Å². The molecule has 0 unspecified atom stereocenters. The second-order valence-electron chi connectivity index (χ2n) is 7.59. The predicted molar refractivity (Wildman–Crippen MR) is 114 cm³/mol. The summed E-state index contributed by atoms with van der Waals surface area (Å²) >= 11 is 0. The van der Waals surface area contributed by atoms with Gasteiger partial charge in [0.1, 0.15) is 5.56 Å². The number of carbonyl (C=O) groups is 1. The van der Waals surface area contributed by atoms with Crippen LogP contribution in [0.15, 0.2) is 17.7 Å². The summed E-state index contributed by atoms with van der Waals surface area (Å²) in [6, 6.07) is 2.93. The zero-order valence-electron chi connectivity index (χ0n) is 18.4. The molecule has 0 spiro atoms. The standard InChI is InChI=1S/C22H29N3O4/c1-9-24-22(29-13(4)5)20(16(8)23-24)21(26)17-10-11-18(25(27)28)19(15(17)7)14(6)12(2)3/h10-11,13H,9H2,1-8H3. The Kier molecular flexibility index (Phi) is 6.62. The smallest absolute Gasteiger partial charge is 0.277 e. The lowest BCUT2D eigenvalue weighted by Crippen LogP contribution is -2.14. The highest BCUT2D eigenvalue weighted by Crippen LogP contribution is 2.35. The lowest BCUT2D eigenvalue weighted by molar-refractivity contribution is -0.385. The largest absolute Gasteiger partial charge is 0.475 e. The summed E-state index contributed by atoms with van der Waals surface area (Å²) in [6.45, 7) is 15.5. The Morgan fingerprint density at radius 3 is 2.31 bits per heavy atom. The van der Waals surface area contributed by atoms with Crippen LogP contribution in [0.4, 0.5) is 5.69 Å². The van der Waals surface area contributed by atoms with Crippen molar-refractivity contribution in [3.63, 3.8) is 0 Å². The van der Waals surface area contributed by atoms with E-state index in [0.717, 1.165) is 11.1 Å². The first-order valence-corrected chi connectivity index (χ1v) is 9.72. The van der Waals surface area contributed by atoms with Crippen LogP contribution in [-0.2, 0) is 6.54 Å². The number of ketones is 1. The Morgan fingerprint density at radius 1 is 1.21 bits per heavy atom. The molecule has 0 atom stereocenters. The number of hydrogen-bond acceptors (Lipinski definition) is 5. The normalized spacial score (nSPS) is 10.9. The summed E-state index contributed by atoms with van der Waals surface area (Å²) in [7, 11) is 0. The van der Waals surface area contributed by atoms with Crippen LogP contribution < -0.4 is 4.74 Å². The topological polar surface area (TPSA) is 87.3 Å². The van der Waals surface area contributed by atoms with Crippen LogP contribution in [0.2, 0.25) is 0 Å². The summed E-state index contributed by atoms with van der Waals surface area (Å²) in [4.78, 5) is 24.7. The van der Waals surface area contributed by atoms with E-state index >= 15 is 0 Å². The van der Waals surface area contributed by atoms with E-state index in [2.05, 4.69) is 5.10 Å². The minimum absolute atomic E-state index is 0.00243. The third kappa shape index (κ3) is 4.23. The molecule has 0 saturated carbocycles. The first-order valence-electron chi connectivity index (χ1n) is 9.72. The van der Waals surface area contributed by atoms with Gasteiger partial charge in [-0.1, -0.05) is 5.57 Å². The number of nitro benzene ring substituents is 1. The quantitative estimate of drug-likeness (QED) is 0.360. The monoisotopic (exact) mass is 399 g/mol. The van der Waals surface area contributed by atoms with E-state index in [1.807, 2.05) is 41.5 Å². The average molecular weight is 399 g/mol. The number of aromatic nitrogens is 2. The van der Waals surface area contributed by atoms with Crippen molar-refractivity contribution in [1.29, 1.82) is 0 Å². The molecule has 1 aromatic heterocycles.